The topological polar surface area (TPSA) is 46.6 Å². The van der Waals surface area contributed by atoms with E-state index < -0.39 is 5.97 Å². The van der Waals surface area contributed by atoms with Gasteiger partial charge in [0, 0.05) is 26.6 Å². The van der Waals surface area contributed by atoms with Crippen molar-refractivity contribution in [2.45, 2.75) is 6.92 Å². The van der Waals surface area contributed by atoms with E-state index in [1.807, 2.05) is 0 Å². The van der Waals surface area contributed by atoms with Gasteiger partial charge in [0.15, 0.2) is 0 Å². The first-order chi connectivity index (χ1) is 5.45. The maximum atomic E-state index is 11.1. The standard InChI is InChI=1S/C8H13NO3/c1-6(5-12-7(2)10)8(11)9(3)4/h1,5H2,2-4H3. The molecule has 0 N–H and O–H groups in total. The molecule has 0 heterocycles. The van der Waals surface area contributed by atoms with Crippen LogP contribution in [-0.2, 0) is 14.3 Å². The first-order valence-corrected chi connectivity index (χ1v) is 3.48. The molecule has 0 aliphatic rings. The van der Waals surface area contributed by atoms with Crippen LogP contribution in [0.2, 0.25) is 0 Å². The van der Waals surface area contributed by atoms with E-state index in [2.05, 4.69) is 11.3 Å². The molecule has 0 fully saturated rings. The van der Waals surface area contributed by atoms with Crippen LogP contribution in [-0.4, -0.2) is 37.5 Å². The van der Waals surface area contributed by atoms with Crippen molar-refractivity contribution in [2.24, 2.45) is 0 Å². The van der Waals surface area contributed by atoms with Gasteiger partial charge in [-0.2, -0.15) is 0 Å². The Bertz CT molecular complexity index is 208. The van der Waals surface area contributed by atoms with Crippen molar-refractivity contribution in [3.8, 4) is 0 Å². The number of ether oxygens (including phenoxy) is 1. The van der Waals surface area contributed by atoms with Crippen LogP contribution in [0.15, 0.2) is 12.2 Å². The van der Waals surface area contributed by atoms with Gasteiger partial charge in [0.25, 0.3) is 5.91 Å². The average Bonchev–Trinajstić information content (AvgIpc) is 1.98. The number of esters is 1. The lowest BCUT2D eigenvalue weighted by Crippen LogP contribution is -2.25. The fourth-order valence-corrected chi connectivity index (χ4v) is 0.567. The van der Waals surface area contributed by atoms with Crippen LogP contribution >= 0.6 is 0 Å². The van der Waals surface area contributed by atoms with E-state index in [1.54, 1.807) is 14.1 Å². The third kappa shape index (κ3) is 3.75. The Hall–Kier alpha value is -1.32. The molecular weight excluding hydrogens is 158 g/mol. The molecule has 0 aliphatic heterocycles. The first kappa shape index (κ1) is 10.7. The molecule has 0 saturated carbocycles. The lowest BCUT2D eigenvalue weighted by atomic mass is 10.3. The second kappa shape index (κ2) is 4.54. The lowest BCUT2D eigenvalue weighted by Gasteiger charge is -2.11. The summed E-state index contributed by atoms with van der Waals surface area (Å²) in [5.41, 5.74) is 0.273. The van der Waals surface area contributed by atoms with Crippen LogP contribution in [0, 0.1) is 0 Å². The number of carbonyl (C=O) groups excluding carboxylic acids is 2. The third-order valence-corrected chi connectivity index (χ3v) is 1.16. The van der Waals surface area contributed by atoms with Gasteiger partial charge in [0.05, 0.1) is 0 Å². The highest BCUT2D eigenvalue weighted by atomic mass is 16.5. The molecule has 0 aromatic rings. The molecule has 4 heteroatoms. The Morgan fingerprint density at radius 1 is 1.42 bits per heavy atom. The third-order valence-electron chi connectivity index (χ3n) is 1.16. The number of likely N-dealkylation sites (N-methyl/N-ethyl adjacent to an activating group) is 1. The summed E-state index contributed by atoms with van der Waals surface area (Å²) in [5.74, 6) is -0.640. The molecule has 0 aliphatic carbocycles. The van der Waals surface area contributed by atoms with Crippen LogP contribution < -0.4 is 0 Å². The molecule has 0 saturated heterocycles. The van der Waals surface area contributed by atoms with E-state index in [-0.39, 0.29) is 18.1 Å². The molecule has 68 valence electrons. The van der Waals surface area contributed by atoms with Crippen molar-refractivity contribution in [1.29, 1.82) is 0 Å². The molecule has 12 heavy (non-hydrogen) atoms. The second-order valence-electron chi connectivity index (χ2n) is 2.58. The summed E-state index contributed by atoms with van der Waals surface area (Å²) in [7, 11) is 3.22. The highest BCUT2D eigenvalue weighted by molar-refractivity contribution is 5.92. The number of amides is 1. The molecule has 0 spiro atoms. The zero-order valence-corrected chi connectivity index (χ0v) is 7.59. The van der Waals surface area contributed by atoms with E-state index in [0.29, 0.717) is 0 Å². The van der Waals surface area contributed by atoms with Gasteiger partial charge < -0.3 is 9.64 Å². The van der Waals surface area contributed by atoms with Crippen molar-refractivity contribution in [3.63, 3.8) is 0 Å². The van der Waals surface area contributed by atoms with Crippen LogP contribution in [0.5, 0.6) is 0 Å². The molecular formula is C8H13NO3. The van der Waals surface area contributed by atoms with Gasteiger partial charge in [-0.05, 0) is 0 Å². The zero-order valence-electron chi connectivity index (χ0n) is 7.59. The smallest absolute Gasteiger partial charge is 0.302 e. The van der Waals surface area contributed by atoms with Gasteiger partial charge in [-0.15, -0.1) is 0 Å². The van der Waals surface area contributed by atoms with Gasteiger partial charge in [-0.25, -0.2) is 0 Å². The summed E-state index contributed by atoms with van der Waals surface area (Å²) in [6, 6.07) is 0. The van der Waals surface area contributed by atoms with Crippen LogP contribution in [0.3, 0.4) is 0 Å². The fraction of sp³-hybridized carbons (Fsp3) is 0.500. The minimum absolute atomic E-state index is 0.0354. The van der Waals surface area contributed by atoms with E-state index in [9.17, 15) is 9.59 Å². The van der Waals surface area contributed by atoms with Crippen molar-refractivity contribution in [2.75, 3.05) is 20.7 Å². The molecule has 0 atom stereocenters. The van der Waals surface area contributed by atoms with Crippen LogP contribution in [0.25, 0.3) is 0 Å². The van der Waals surface area contributed by atoms with E-state index in [1.165, 1.54) is 11.8 Å². The Balaban J connectivity index is 3.89. The molecule has 0 aromatic heterocycles. The van der Waals surface area contributed by atoms with E-state index in [0.717, 1.165) is 0 Å². The Morgan fingerprint density at radius 2 is 1.92 bits per heavy atom. The molecule has 0 bridgehead atoms. The van der Waals surface area contributed by atoms with Crippen LogP contribution in [0.4, 0.5) is 0 Å². The molecule has 1 amide bonds. The minimum Gasteiger partial charge on any atom is -0.461 e. The maximum Gasteiger partial charge on any atom is 0.302 e. The lowest BCUT2D eigenvalue weighted by molar-refractivity contribution is -0.140. The van der Waals surface area contributed by atoms with Gasteiger partial charge in [0.2, 0.25) is 0 Å². The molecule has 4 nitrogen and oxygen atoms in total. The molecule has 0 aromatic carbocycles. The number of hydrogen-bond acceptors (Lipinski definition) is 3. The first-order valence-electron chi connectivity index (χ1n) is 3.48. The van der Waals surface area contributed by atoms with Crippen molar-refractivity contribution >= 4 is 11.9 Å². The summed E-state index contributed by atoms with van der Waals surface area (Å²) in [4.78, 5) is 22.8. The second-order valence-corrected chi connectivity index (χ2v) is 2.58. The fourth-order valence-electron chi connectivity index (χ4n) is 0.567. The van der Waals surface area contributed by atoms with E-state index >= 15 is 0 Å². The zero-order chi connectivity index (χ0) is 9.72. The molecule has 0 rings (SSSR count). The highest BCUT2D eigenvalue weighted by Crippen LogP contribution is 1.96. The quantitative estimate of drug-likeness (QED) is 0.450. The van der Waals surface area contributed by atoms with E-state index in [4.69, 9.17) is 0 Å². The normalized spacial score (nSPS) is 8.92. The largest absolute Gasteiger partial charge is 0.461 e. The number of hydrogen-bond donors (Lipinski definition) is 0. The minimum atomic E-state index is -0.414. The van der Waals surface area contributed by atoms with Crippen molar-refractivity contribution in [1.82, 2.24) is 4.90 Å². The van der Waals surface area contributed by atoms with Gasteiger partial charge in [-0.3, -0.25) is 9.59 Å². The Morgan fingerprint density at radius 3 is 2.25 bits per heavy atom. The highest BCUT2D eigenvalue weighted by Gasteiger charge is 2.09. The summed E-state index contributed by atoms with van der Waals surface area (Å²) in [6.45, 7) is 4.73. The Labute approximate surface area is 71.8 Å². The summed E-state index contributed by atoms with van der Waals surface area (Å²) in [6.07, 6.45) is 0. The predicted octanol–water partition coefficient (Wildman–Crippen LogP) is 0.194. The molecule has 0 radical (unpaired) electrons. The number of carbonyl (C=O) groups is 2. The SMILES string of the molecule is C=C(COC(C)=O)C(=O)N(C)C. The van der Waals surface area contributed by atoms with Crippen LogP contribution in [0.1, 0.15) is 6.92 Å². The van der Waals surface area contributed by atoms with Crippen molar-refractivity contribution < 1.29 is 14.3 Å². The number of nitrogens with zero attached hydrogens (tertiary/aromatic N) is 1. The summed E-state index contributed by atoms with van der Waals surface area (Å²) < 4.78 is 4.59. The monoisotopic (exact) mass is 171 g/mol. The number of rotatable bonds is 3. The van der Waals surface area contributed by atoms with Gasteiger partial charge in [0.1, 0.15) is 6.61 Å². The van der Waals surface area contributed by atoms with Gasteiger partial charge >= 0.3 is 5.97 Å². The maximum absolute atomic E-state index is 11.1. The summed E-state index contributed by atoms with van der Waals surface area (Å²) in [5, 5.41) is 0. The van der Waals surface area contributed by atoms with Crippen molar-refractivity contribution in [3.05, 3.63) is 12.2 Å². The molecule has 0 unspecified atom stereocenters. The Kier molecular flexibility index (Phi) is 4.04. The average molecular weight is 171 g/mol. The summed E-state index contributed by atoms with van der Waals surface area (Å²) >= 11 is 0. The van der Waals surface area contributed by atoms with Gasteiger partial charge in [-0.1, -0.05) is 6.58 Å². The predicted molar refractivity (Wildman–Crippen MR) is 44.5 cm³/mol.